The van der Waals surface area contributed by atoms with Crippen molar-refractivity contribution in [2.45, 2.75) is 64.7 Å². The number of hydrogen-bond donors (Lipinski definition) is 2. The monoisotopic (exact) mass is 322 g/mol. The molecule has 1 saturated heterocycles. The summed E-state index contributed by atoms with van der Waals surface area (Å²) in [7, 11) is 0. The van der Waals surface area contributed by atoms with Crippen molar-refractivity contribution in [2.75, 3.05) is 32.7 Å². The van der Waals surface area contributed by atoms with Gasteiger partial charge in [-0.25, -0.2) is 0 Å². The first-order valence-corrected chi connectivity index (χ1v) is 9.59. The fourth-order valence-corrected chi connectivity index (χ4v) is 3.07. The van der Waals surface area contributed by atoms with Crippen molar-refractivity contribution in [3.05, 3.63) is 0 Å². The van der Waals surface area contributed by atoms with Crippen LogP contribution in [0.4, 0.5) is 0 Å². The summed E-state index contributed by atoms with van der Waals surface area (Å²) in [6.07, 6.45) is 10.5. The molecule has 0 spiro atoms. The highest BCUT2D eigenvalue weighted by Crippen LogP contribution is 2.33. The van der Waals surface area contributed by atoms with Crippen molar-refractivity contribution in [1.29, 1.82) is 0 Å². The van der Waals surface area contributed by atoms with Crippen molar-refractivity contribution < 1.29 is 4.79 Å². The first kappa shape index (κ1) is 18.1. The lowest BCUT2D eigenvalue weighted by Crippen LogP contribution is -2.38. The summed E-state index contributed by atoms with van der Waals surface area (Å²) in [5.74, 6) is 2.25. The van der Waals surface area contributed by atoms with E-state index in [1.165, 1.54) is 32.1 Å². The molecule has 0 bridgehead atoms. The van der Waals surface area contributed by atoms with E-state index in [-0.39, 0.29) is 0 Å². The molecule has 2 fully saturated rings. The van der Waals surface area contributed by atoms with Gasteiger partial charge in [0.1, 0.15) is 0 Å². The van der Waals surface area contributed by atoms with Gasteiger partial charge >= 0.3 is 0 Å². The second kappa shape index (κ2) is 10.5. The van der Waals surface area contributed by atoms with Crippen molar-refractivity contribution in [3.63, 3.8) is 0 Å². The number of carbonyl (C=O) groups excluding carboxylic acids is 1. The third-order valence-corrected chi connectivity index (χ3v) is 4.65. The maximum Gasteiger partial charge on any atom is 0.222 e. The molecule has 1 aliphatic heterocycles. The largest absolute Gasteiger partial charge is 0.357 e. The number of amides is 1. The van der Waals surface area contributed by atoms with E-state index in [9.17, 15) is 4.79 Å². The number of carbonyl (C=O) groups is 1. The van der Waals surface area contributed by atoms with Crippen LogP contribution in [0.25, 0.3) is 0 Å². The van der Waals surface area contributed by atoms with E-state index in [2.05, 4.69) is 22.5 Å². The van der Waals surface area contributed by atoms with E-state index in [0.29, 0.717) is 5.91 Å². The van der Waals surface area contributed by atoms with E-state index in [1.54, 1.807) is 0 Å². The van der Waals surface area contributed by atoms with Gasteiger partial charge in [-0.05, 0) is 44.9 Å². The van der Waals surface area contributed by atoms with Gasteiger partial charge in [0.15, 0.2) is 5.96 Å². The number of nitrogens with zero attached hydrogens (tertiary/aromatic N) is 2. The molecule has 1 amide bonds. The van der Waals surface area contributed by atoms with Gasteiger partial charge in [0.2, 0.25) is 5.91 Å². The Labute approximate surface area is 141 Å². The smallest absolute Gasteiger partial charge is 0.222 e. The van der Waals surface area contributed by atoms with Crippen LogP contribution in [-0.2, 0) is 4.79 Å². The van der Waals surface area contributed by atoms with Gasteiger partial charge in [0.05, 0.1) is 0 Å². The first-order valence-electron chi connectivity index (χ1n) is 9.59. The van der Waals surface area contributed by atoms with Gasteiger partial charge in [-0.2, -0.15) is 0 Å². The SMILES string of the molecule is CCNC(=NCCCN1CCCCCC1=O)NCCCC1CC1. The fourth-order valence-electron chi connectivity index (χ4n) is 3.07. The molecule has 1 heterocycles. The summed E-state index contributed by atoms with van der Waals surface area (Å²) in [5.41, 5.74) is 0. The standard InChI is InChI=1S/C18H34N4O/c1-2-19-18(20-12-6-8-16-10-11-16)21-13-7-15-22-14-5-3-4-9-17(22)23/h16H,2-15H2,1H3,(H2,19,20,21). The Bertz CT molecular complexity index is 379. The van der Waals surface area contributed by atoms with Gasteiger partial charge in [0, 0.05) is 39.1 Å². The van der Waals surface area contributed by atoms with Gasteiger partial charge in [-0.15, -0.1) is 0 Å². The average molecular weight is 322 g/mol. The minimum absolute atomic E-state index is 0.330. The highest BCUT2D eigenvalue weighted by Gasteiger charge is 2.20. The molecular weight excluding hydrogens is 288 g/mol. The third-order valence-electron chi connectivity index (χ3n) is 4.65. The van der Waals surface area contributed by atoms with Gasteiger partial charge in [-0.1, -0.05) is 19.3 Å². The molecule has 0 unspecified atom stereocenters. The molecule has 1 aliphatic carbocycles. The second-order valence-electron chi connectivity index (χ2n) is 6.82. The zero-order valence-corrected chi connectivity index (χ0v) is 14.8. The molecule has 1 saturated carbocycles. The number of hydrogen-bond acceptors (Lipinski definition) is 2. The quantitative estimate of drug-likeness (QED) is 0.390. The zero-order valence-electron chi connectivity index (χ0n) is 14.8. The molecule has 23 heavy (non-hydrogen) atoms. The molecule has 0 radical (unpaired) electrons. The molecule has 5 heteroatoms. The predicted molar refractivity (Wildman–Crippen MR) is 95.6 cm³/mol. The second-order valence-corrected chi connectivity index (χ2v) is 6.82. The summed E-state index contributed by atoms with van der Waals surface area (Å²) in [6.45, 7) is 6.55. The number of likely N-dealkylation sites (tertiary alicyclic amines) is 1. The van der Waals surface area contributed by atoms with Crippen LogP contribution in [0, 0.1) is 5.92 Å². The van der Waals surface area contributed by atoms with Crippen LogP contribution in [-0.4, -0.2) is 49.5 Å². The molecule has 0 aromatic rings. The van der Waals surface area contributed by atoms with Crippen molar-refractivity contribution in [1.82, 2.24) is 15.5 Å². The summed E-state index contributed by atoms with van der Waals surface area (Å²) in [6, 6.07) is 0. The van der Waals surface area contributed by atoms with Crippen LogP contribution in [0.15, 0.2) is 4.99 Å². The van der Waals surface area contributed by atoms with Crippen molar-refractivity contribution >= 4 is 11.9 Å². The molecule has 0 atom stereocenters. The van der Waals surface area contributed by atoms with E-state index >= 15 is 0 Å². The Morgan fingerprint density at radius 3 is 2.87 bits per heavy atom. The lowest BCUT2D eigenvalue weighted by atomic mass is 10.2. The minimum atomic E-state index is 0.330. The normalized spacial score (nSPS) is 19.6. The van der Waals surface area contributed by atoms with Crippen LogP contribution in [0.3, 0.4) is 0 Å². The van der Waals surface area contributed by atoms with E-state index < -0.39 is 0 Å². The van der Waals surface area contributed by atoms with Gasteiger partial charge in [0.25, 0.3) is 0 Å². The fraction of sp³-hybridized carbons (Fsp3) is 0.889. The molecule has 2 rings (SSSR count). The maximum atomic E-state index is 11.9. The molecule has 5 nitrogen and oxygen atoms in total. The average Bonchev–Trinajstić information content (AvgIpc) is 3.37. The minimum Gasteiger partial charge on any atom is -0.357 e. The predicted octanol–water partition coefficient (Wildman–Crippen LogP) is 2.52. The van der Waals surface area contributed by atoms with Crippen LogP contribution in [0.5, 0.6) is 0 Å². The highest BCUT2D eigenvalue weighted by atomic mass is 16.2. The number of rotatable bonds is 9. The van der Waals surface area contributed by atoms with Gasteiger partial charge < -0.3 is 15.5 Å². The lowest BCUT2D eigenvalue weighted by Gasteiger charge is -2.20. The molecule has 132 valence electrons. The Balaban J connectivity index is 1.61. The zero-order chi connectivity index (χ0) is 16.3. The van der Waals surface area contributed by atoms with E-state index in [4.69, 9.17) is 0 Å². The van der Waals surface area contributed by atoms with Crippen LogP contribution in [0.2, 0.25) is 0 Å². The van der Waals surface area contributed by atoms with E-state index in [1.807, 2.05) is 4.90 Å². The highest BCUT2D eigenvalue weighted by molar-refractivity contribution is 5.79. The first-order chi connectivity index (χ1) is 11.3. The summed E-state index contributed by atoms with van der Waals surface area (Å²) >= 11 is 0. The maximum absolute atomic E-state index is 11.9. The third kappa shape index (κ3) is 7.71. The Hall–Kier alpha value is -1.26. The van der Waals surface area contributed by atoms with E-state index in [0.717, 1.165) is 70.3 Å². The summed E-state index contributed by atoms with van der Waals surface area (Å²) in [5, 5.41) is 6.72. The van der Waals surface area contributed by atoms with Crippen LogP contribution in [0.1, 0.15) is 64.7 Å². The van der Waals surface area contributed by atoms with Crippen LogP contribution >= 0.6 is 0 Å². The molecule has 0 aromatic heterocycles. The van der Waals surface area contributed by atoms with Gasteiger partial charge in [-0.3, -0.25) is 9.79 Å². The number of guanidine groups is 1. The number of aliphatic imine (C=N–C) groups is 1. The van der Waals surface area contributed by atoms with Crippen molar-refractivity contribution in [2.24, 2.45) is 10.9 Å². The lowest BCUT2D eigenvalue weighted by molar-refractivity contribution is -0.130. The number of nitrogens with one attached hydrogen (secondary N) is 2. The molecule has 2 N–H and O–H groups in total. The van der Waals surface area contributed by atoms with Crippen LogP contribution < -0.4 is 10.6 Å². The molecule has 2 aliphatic rings. The molecular formula is C18H34N4O. The Morgan fingerprint density at radius 2 is 2.09 bits per heavy atom. The summed E-state index contributed by atoms with van der Waals surface area (Å²) in [4.78, 5) is 18.6. The Kier molecular flexibility index (Phi) is 8.26. The summed E-state index contributed by atoms with van der Waals surface area (Å²) < 4.78 is 0. The van der Waals surface area contributed by atoms with Crippen molar-refractivity contribution in [3.8, 4) is 0 Å². The Morgan fingerprint density at radius 1 is 1.22 bits per heavy atom. The molecule has 0 aromatic carbocycles. The topological polar surface area (TPSA) is 56.7 Å².